The summed E-state index contributed by atoms with van der Waals surface area (Å²) >= 11 is 0. The molecule has 63 heavy (non-hydrogen) atoms. The Morgan fingerprint density at radius 1 is 0.317 bits per heavy atom. The fourth-order valence-corrected chi connectivity index (χ4v) is 10.2. The summed E-state index contributed by atoms with van der Waals surface area (Å²) in [6, 6.07) is 81.0. The highest BCUT2D eigenvalue weighted by atomic mass is 31.0. The summed E-state index contributed by atoms with van der Waals surface area (Å²) in [6.45, 7) is 4.70. The van der Waals surface area contributed by atoms with Crippen molar-refractivity contribution in [2.75, 3.05) is 5.32 Å². The first kappa shape index (κ1) is 38.6. The highest BCUT2D eigenvalue weighted by Crippen LogP contribution is 2.51. The summed E-state index contributed by atoms with van der Waals surface area (Å²) in [6.07, 6.45) is 0. The molecule has 0 heterocycles. The molecule has 0 fully saturated rings. The van der Waals surface area contributed by atoms with E-state index in [0.29, 0.717) is 0 Å². The van der Waals surface area contributed by atoms with Crippen molar-refractivity contribution in [2.24, 2.45) is 0 Å². The Balaban J connectivity index is 0.000000196. The number of anilines is 2. The third-order valence-corrected chi connectivity index (χ3v) is 13.6. The minimum Gasteiger partial charge on any atom is -0.356 e. The van der Waals surface area contributed by atoms with Gasteiger partial charge in [-0.15, -0.1) is 9.24 Å². The molecule has 12 rings (SSSR count). The first-order valence-corrected chi connectivity index (χ1v) is 22.4. The van der Waals surface area contributed by atoms with Gasteiger partial charge in [0.15, 0.2) is 0 Å². The molecule has 0 bridgehead atoms. The van der Waals surface area contributed by atoms with Gasteiger partial charge in [0.05, 0.1) is 0 Å². The van der Waals surface area contributed by atoms with Crippen LogP contribution >= 0.6 is 9.24 Å². The Labute approximate surface area is 373 Å². The molecule has 2 heteroatoms. The SMILES string of the molecule is CC1(C)c2cc(Nc3ccc(-c4ccc5c6c(cccc46)-c4ccccc4-5)cc3)ccc2-c2ccc(-c3ccccc3)cc21.Pc1ccccc1-c1cccc(-c2ccccc2)c1. The molecule has 1 atom stereocenters. The van der Waals surface area contributed by atoms with Crippen LogP contribution in [0.15, 0.2) is 224 Å². The van der Waals surface area contributed by atoms with Gasteiger partial charge in [0.25, 0.3) is 0 Å². The molecule has 10 aromatic rings. The molecule has 1 nitrogen and oxygen atoms in total. The first-order chi connectivity index (χ1) is 30.9. The van der Waals surface area contributed by atoms with Crippen LogP contribution in [0.1, 0.15) is 25.0 Å². The summed E-state index contributed by atoms with van der Waals surface area (Å²) in [4.78, 5) is 0. The average Bonchev–Trinajstić information content (AvgIpc) is 3.78. The van der Waals surface area contributed by atoms with E-state index < -0.39 is 0 Å². The largest absolute Gasteiger partial charge is 0.356 e. The lowest BCUT2D eigenvalue weighted by atomic mass is 9.81. The van der Waals surface area contributed by atoms with E-state index in [2.05, 4.69) is 247 Å². The van der Waals surface area contributed by atoms with Gasteiger partial charge in [-0.3, -0.25) is 0 Å². The molecule has 1 N–H and O–H groups in total. The van der Waals surface area contributed by atoms with Crippen LogP contribution in [0.3, 0.4) is 0 Å². The van der Waals surface area contributed by atoms with Crippen molar-refractivity contribution in [1.82, 2.24) is 0 Å². The topological polar surface area (TPSA) is 12.0 Å². The normalized spacial score (nSPS) is 12.5. The quantitative estimate of drug-likeness (QED) is 0.165. The number of hydrogen-bond acceptors (Lipinski definition) is 1. The van der Waals surface area contributed by atoms with Gasteiger partial charge < -0.3 is 5.32 Å². The van der Waals surface area contributed by atoms with Gasteiger partial charge in [-0.1, -0.05) is 202 Å². The van der Waals surface area contributed by atoms with Crippen LogP contribution in [-0.4, -0.2) is 0 Å². The predicted molar refractivity (Wildman–Crippen MR) is 273 cm³/mol. The monoisotopic (exact) mass is 823 g/mol. The number of hydrogen-bond donors (Lipinski definition) is 1. The van der Waals surface area contributed by atoms with Crippen LogP contribution in [0.25, 0.3) is 88.7 Å². The summed E-state index contributed by atoms with van der Waals surface area (Å²) in [7, 11) is 2.80. The van der Waals surface area contributed by atoms with Crippen molar-refractivity contribution in [3.63, 3.8) is 0 Å². The number of nitrogens with one attached hydrogen (secondary N) is 1. The molecule has 300 valence electrons. The molecular weight excluding hydrogens is 778 g/mol. The third kappa shape index (κ3) is 6.96. The molecule has 1 unspecified atom stereocenters. The predicted octanol–water partition coefficient (Wildman–Crippen LogP) is 16.4. The van der Waals surface area contributed by atoms with E-state index in [-0.39, 0.29) is 5.41 Å². The third-order valence-electron chi connectivity index (χ3n) is 13.1. The van der Waals surface area contributed by atoms with Crippen LogP contribution < -0.4 is 10.6 Å². The van der Waals surface area contributed by atoms with E-state index in [4.69, 9.17) is 0 Å². The summed E-state index contributed by atoms with van der Waals surface area (Å²) in [5.41, 5.74) is 23.0. The van der Waals surface area contributed by atoms with Crippen LogP contribution in [0.2, 0.25) is 0 Å². The second-order valence-corrected chi connectivity index (χ2v) is 17.8. The highest BCUT2D eigenvalue weighted by molar-refractivity contribution is 7.28. The summed E-state index contributed by atoms with van der Waals surface area (Å²) in [5, 5.41) is 7.60. The average molecular weight is 824 g/mol. The Kier molecular flexibility index (Phi) is 9.72. The molecule has 10 aromatic carbocycles. The fourth-order valence-electron chi connectivity index (χ4n) is 9.84. The molecule has 0 radical (unpaired) electrons. The molecule has 0 saturated heterocycles. The van der Waals surface area contributed by atoms with Crippen molar-refractivity contribution < 1.29 is 0 Å². The van der Waals surface area contributed by atoms with Crippen molar-refractivity contribution in [3.8, 4) is 77.9 Å². The Morgan fingerprint density at radius 2 is 0.794 bits per heavy atom. The molecular formula is C61H46NP. The second-order valence-electron chi connectivity index (χ2n) is 17.2. The zero-order chi connectivity index (χ0) is 42.5. The first-order valence-electron chi connectivity index (χ1n) is 21.8. The summed E-state index contributed by atoms with van der Waals surface area (Å²) < 4.78 is 0. The summed E-state index contributed by atoms with van der Waals surface area (Å²) in [5.74, 6) is 0. The van der Waals surface area contributed by atoms with E-state index in [1.165, 1.54) is 105 Å². The second kappa shape index (κ2) is 15.9. The van der Waals surface area contributed by atoms with E-state index in [9.17, 15) is 0 Å². The van der Waals surface area contributed by atoms with Crippen LogP contribution in [-0.2, 0) is 5.41 Å². The van der Waals surface area contributed by atoms with E-state index in [0.717, 1.165) is 11.4 Å². The lowest BCUT2D eigenvalue weighted by molar-refractivity contribution is 0.661. The number of rotatable bonds is 6. The minimum atomic E-state index is -0.0769. The highest BCUT2D eigenvalue weighted by Gasteiger charge is 2.36. The Hall–Kier alpha value is -7.31. The van der Waals surface area contributed by atoms with Gasteiger partial charge in [0.2, 0.25) is 0 Å². The van der Waals surface area contributed by atoms with Crippen molar-refractivity contribution >= 4 is 36.7 Å². The molecule has 0 aromatic heterocycles. The van der Waals surface area contributed by atoms with Crippen molar-refractivity contribution in [2.45, 2.75) is 19.3 Å². The van der Waals surface area contributed by atoms with Gasteiger partial charge in [0.1, 0.15) is 0 Å². The zero-order valence-corrected chi connectivity index (χ0v) is 36.6. The minimum absolute atomic E-state index is 0.0769. The van der Waals surface area contributed by atoms with Crippen molar-refractivity contribution in [1.29, 1.82) is 0 Å². The van der Waals surface area contributed by atoms with Gasteiger partial charge in [-0.05, 0) is 141 Å². The maximum absolute atomic E-state index is 3.69. The lowest BCUT2D eigenvalue weighted by Crippen LogP contribution is -2.15. The van der Waals surface area contributed by atoms with Gasteiger partial charge in [0, 0.05) is 16.8 Å². The standard InChI is InChI=1S/C43H31N.C18H15P/c1-43(2)40-25-29(27-9-4-3-5-10-27)17-21-35(40)36-22-20-31(26-41(36)43)44-30-18-15-28(16-19-30)32-23-24-39-34-12-7-6-11-33(34)38-14-8-13-37(32)42(38)39;19-18-12-5-4-11-17(18)16-10-6-9-15(13-16)14-7-2-1-3-8-14/h3-26,44H,1-2H3;1-13H,19H2. The Morgan fingerprint density at radius 3 is 1.49 bits per heavy atom. The Bertz CT molecular complexity index is 3300. The molecule has 2 aliphatic rings. The number of fused-ring (bicyclic) bond motifs is 6. The molecule has 0 spiro atoms. The van der Waals surface area contributed by atoms with Crippen molar-refractivity contribution in [3.05, 3.63) is 236 Å². The van der Waals surface area contributed by atoms with Gasteiger partial charge in [-0.25, -0.2) is 0 Å². The molecule has 0 saturated carbocycles. The lowest BCUT2D eigenvalue weighted by Gasteiger charge is -2.23. The maximum atomic E-state index is 3.69. The smallest absolute Gasteiger partial charge is 0.0387 e. The van der Waals surface area contributed by atoms with Crippen LogP contribution in [0, 0.1) is 0 Å². The molecule has 2 aliphatic carbocycles. The van der Waals surface area contributed by atoms with Crippen LogP contribution in [0.4, 0.5) is 11.4 Å². The fraction of sp³-hybridized carbons (Fsp3) is 0.0492. The number of benzene rings is 10. The van der Waals surface area contributed by atoms with Gasteiger partial charge >= 0.3 is 0 Å². The van der Waals surface area contributed by atoms with E-state index >= 15 is 0 Å². The zero-order valence-electron chi connectivity index (χ0n) is 35.4. The van der Waals surface area contributed by atoms with Gasteiger partial charge in [-0.2, -0.15) is 0 Å². The molecule has 0 aliphatic heterocycles. The van der Waals surface area contributed by atoms with Crippen LogP contribution in [0.5, 0.6) is 0 Å². The molecule has 0 amide bonds. The van der Waals surface area contributed by atoms with E-state index in [1.54, 1.807) is 0 Å². The van der Waals surface area contributed by atoms with E-state index in [1.807, 2.05) is 6.07 Å². The maximum Gasteiger partial charge on any atom is 0.0387 e.